The van der Waals surface area contributed by atoms with Crippen LogP contribution in [0.25, 0.3) is 6.08 Å². The van der Waals surface area contributed by atoms with Crippen LogP contribution in [-0.4, -0.2) is 30.0 Å². The molecule has 0 spiro atoms. The van der Waals surface area contributed by atoms with Gasteiger partial charge in [-0.2, -0.15) is 0 Å². The van der Waals surface area contributed by atoms with E-state index in [1.54, 1.807) is 44.2 Å². The van der Waals surface area contributed by atoms with Gasteiger partial charge in [-0.25, -0.2) is 5.01 Å². The molecule has 9 nitrogen and oxygen atoms in total. The van der Waals surface area contributed by atoms with Crippen LogP contribution < -0.4 is 19.9 Å². The predicted molar refractivity (Wildman–Crippen MR) is 105 cm³/mol. The molecule has 1 N–H and O–H groups in total. The van der Waals surface area contributed by atoms with Gasteiger partial charge in [-0.1, -0.05) is 18.2 Å². The Labute approximate surface area is 166 Å². The minimum atomic E-state index is -0.603. The third kappa shape index (κ3) is 4.03. The van der Waals surface area contributed by atoms with Crippen LogP contribution in [-0.2, 0) is 9.59 Å². The Morgan fingerprint density at radius 2 is 1.79 bits per heavy atom. The van der Waals surface area contributed by atoms with Crippen LogP contribution in [0, 0.1) is 10.1 Å². The number of anilines is 1. The van der Waals surface area contributed by atoms with Crippen LogP contribution in [0.2, 0.25) is 0 Å². The molecule has 0 bridgehead atoms. The Hall–Kier alpha value is -3.88. The van der Waals surface area contributed by atoms with Gasteiger partial charge in [0.15, 0.2) is 5.75 Å². The monoisotopic (exact) mass is 397 g/mol. The van der Waals surface area contributed by atoms with Crippen molar-refractivity contribution in [3.8, 4) is 11.5 Å². The summed E-state index contributed by atoms with van der Waals surface area (Å²) in [6.45, 7) is 3.92. The maximum atomic E-state index is 12.7. The van der Waals surface area contributed by atoms with Crippen molar-refractivity contribution < 1.29 is 24.0 Å². The molecule has 1 fully saturated rings. The number of rotatable bonds is 7. The van der Waals surface area contributed by atoms with Crippen LogP contribution in [0.15, 0.2) is 48.0 Å². The van der Waals surface area contributed by atoms with Crippen LogP contribution in [0.3, 0.4) is 0 Å². The van der Waals surface area contributed by atoms with Gasteiger partial charge < -0.3 is 9.47 Å². The molecule has 9 heteroatoms. The number of benzene rings is 2. The minimum Gasteiger partial charge on any atom is -0.490 e. The third-order valence-electron chi connectivity index (χ3n) is 4.06. The summed E-state index contributed by atoms with van der Waals surface area (Å²) in [5.41, 5.74) is 2.81. The number of hydrogen-bond acceptors (Lipinski definition) is 6. The smallest absolute Gasteiger partial charge is 0.315 e. The Balaban J connectivity index is 2.04. The first-order valence-corrected chi connectivity index (χ1v) is 8.96. The summed E-state index contributed by atoms with van der Waals surface area (Å²) >= 11 is 0. The second kappa shape index (κ2) is 8.42. The van der Waals surface area contributed by atoms with Crippen molar-refractivity contribution in [2.45, 2.75) is 13.8 Å². The Bertz CT molecular complexity index is 987. The first-order chi connectivity index (χ1) is 14.0. The molecule has 29 heavy (non-hydrogen) atoms. The fourth-order valence-electron chi connectivity index (χ4n) is 2.86. The highest BCUT2D eigenvalue weighted by Gasteiger charge is 2.34. The van der Waals surface area contributed by atoms with E-state index in [1.807, 2.05) is 0 Å². The van der Waals surface area contributed by atoms with E-state index in [2.05, 4.69) is 5.43 Å². The zero-order valence-electron chi connectivity index (χ0n) is 15.9. The molecule has 2 aromatic carbocycles. The zero-order valence-corrected chi connectivity index (χ0v) is 15.9. The molecule has 0 radical (unpaired) electrons. The number of nitrogens with zero attached hydrogens (tertiary/aromatic N) is 2. The molecule has 1 saturated heterocycles. The van der Waals surface area contributed by atoms with Gasteiger partial charge in [0, 0.05) is 6.07 Å². The van der Waals surface area contributed by atoms with Crippen molar-refractivity contribution in [3.63, 3.8) is 0 Å². The standard InChI is InChI=1S/C20H19N3O6/c1-3-28-17-12-13(11-16(23(26)27)18(17)29-4-2)10-15-19(24)21-22(20(15)25)14-8-6-5-7-9-14/h5-12H,3-4H2,1-2H3,(H,21,24). The van der Waals surface area contributed by atoms with Gasteiger partial charge in [0.2, 0.25) is 5.75 Å². The van der Waals surface area contributed by atoms with E-state index in [4.69, 9.17) is 9.47 Å². The molecule has 0 unspecified atom stereocenters. The van der Waals surface area contributed by atoms with Crippen LogP contribution >= 0.6 is 0 Å². The lowest BCUT2D eigenvalue weighted by atomic mass is 10.1. The lowest BCUT2D eigenvalue weighted by Crippen LogP contribution is -2.35. The number of amides is 2. The lowest BCUT2D eigenvalue weighted by Gasteiger charge is -2.14. The number of nitrogens with one attached hydrogen (secondary N) is 1. The normalized spacial score (nSPS) is 14.8. The second-order valence-corrected chi connectivity index (χ2v) is 5.97. The topological polar surface area (TPSA) is 111 Å². The highest BCUT2D eigenvalue weighted by Crippen LogP contribution is 2.39. The summed E-state index contributed by atoms with van der Waals surface area (Å²) in [6.07, 6.45) is 1.30. The molecule has 0 atom stereocenters. The quantitative estimate of drug-likeness (QED) is 0.333. The maximum Gasteiger partial charge on any atom is 0.315 e. The summed E-state index contributed by atoms with van der Waals surface area (Å²) in [4.78, 5) is 36.0. The average molecular weight is 397 g/mol. The zero-order chi connectivity index (χ0) is 21.0. The van der Waals surface area contributed by atoms with E-state index < -0.39 is 16.7 Å². The Morgan fingerprint density at radius 3 is 2.41 bits per heavy atom. The van der Waals surface area contributed by atoms with E-state index in [0.717, 1.165) is 5.01 Å². The molecule has 0 saturated carbocycles. The van der Waals surface area contributed by atoms with E-state index in [-0.39, 0.29) is 41.5 Å². The van der Waals surface area contributed by atoms with Gasteiger partial charge in [-0.3, -0.25) is 25.1 Å². The molecule has 1 heterocycles. The van der Waals surface area contributed by atoms with Gasteiger partial charge in [0.25, 0.3) is 11.8 Å². The summed E-state index contributed by atoms with van der Waals surface area (Å²) in [6, 6.07) is 11.4. The average Bonchev–Trinajstić information content (AvgIpc) is 2.98. The Morgan fingerprint density at radius 1 is 1.10 bits per heavy atom. The van der Waals surface area contributed by atoms with E-state index in [9.17, 15) is 19.7 Å². The van der Waals surface area contributed by atoms with Gasteiger partial charge in [-0.15, -0.1) is 0 Å². The molecule has 2 amide bonds. The summed E-state index contributed by atoms with van der Waals surface area (Å²) in [5.74, 6) is -0.986. The SMILES string of the molecule is CCOc1cc(C=C2C(=O)NN(c3ccccc3)C2=O)cc([N+](=O)[O-])c1OCC. The highest BCUT2D eigenvalue weighted by atomic mass is 16.6. The predicted octanol–water partition coefficient (Wildman–Crippen LogP) is 2.85. The first kappa shape index (κ1) is 19.9. The Kier molecular flexibility index (Phi) is 5.77. The van der Waals surface area contributed by atoms with Crippen molar-refractivity contribution in [1.29, 1.82) is 0 Å². The summed E-state index contributed by atoms with van der Waals surface area (Å²) in [5, 5.41) is 12.6. The molecule has 150 valence electrons. The number of para-hydroxylation sites is 1. The fourth-order valence-corrected chi connectivity index (χ4v) is 2.86. The highest BCUT2D eigenvalue weighted by molar-refractivity contribution is 6.31. The number of nitro groups is 1. The molecule has 0 aliphatic carbocycles. The van der Waals surface area contributed by atoms with Crippen LogP contribution in [0.1, 0.15) is 19.4 Å². The maximum absolute atomic E-state index is 12.7. The van der Waals surface area contributed by atoms with Gasteiger partial charge >= 0.3 is 5.69 Å². The van der Waals surface area contributed by atoms with Gasteiger partial charge in [-0.05, 0) is 43.7 Å². The second-order valence-electron chi connectivity index (χ2n) is 5.97. The largest absolute Gasteiger partial charge is 0.490 e. The molecular weight excluding hydrogens is 378 g/mol. The van der Waals surface area contributed by atoms with E-state index in [0.29, 0.717) is 5.69 Å². The van der Waals surface area contributed by atoms with Crippen molar-refractivity contribution in [3.05, 3.63) is 63.7 Å². The van der Waals surface area contributed by atoms with Crippen LogP contribution in [0.4, 0.5) is 11.4 Å². The van der Waals surface area contributed by atoms with Gasteiger partial charge in [0.1, 0.15) is 5.57 Å². The van der Waals surface area contributed by atoms with Crippen molar-refractivity contribution >= 4 is 29.3 Å². The first-order valence-electron chi connectivity index (χ1n) is 8.96. The molecular formula is C20H19N3O6. The number of carbonyl (C=O) groups excluding carboxylic acids is 2. The van der Waals surface area contributed by atoms with Crippen molar-refractivity contribution in [2.24, 2.45) is 0 Å². The van der Waals surface area contributed by atoms with Crippen molar-refractivity contribution in [1.82, 2.24) is 5.43 Å². The number of carbonyl (C=O) groups is 2. The van der Waals surface area contributed by atoms with Gasteiger partial charge in [0.05, 0.1) is 23.8 Å². The third-order valence-corrected chi connectivity index (χ3v) is 4.06. The summed E-state index contributed by atoms with van der Waals surface area (Å²) < 4.78 is 10.9. The fraction of sp³-hybridized carbons (Fsp3) is 0.200. The van der Waals surface area contributed by atoms with E-state index >= 15 is 0 Å². The van der Waals surface area contributed by atoms with Crippen LogP contribution in [0.5, 0.6) is 11.5 Å². The van der Waals surface area contributed by atoms with Crippen molar-refractivity contribution in [2.75, 3.05) is 18.2 Å². The number of nitro benzene ring substituents is 1. The minimum absolute atomic E-state index is 0.00890. The number of hydrogen-bond donors (Lipinski definition) is 1. The molecule has 3 rings (SSSR count). The lowest BCUT2D eigenvalue weighted by molar-refractivity contribution is -0.386. The molecule has 1 aliphatic heterocycles. The molecule has 0 aromatic heterocycles. The summed E-state index contributed by atoms with van der Waals surface area (Å²) in [7, 11) is 0. The molecule has 2 aromatic rings. The number of hydrazine groups is 1. The number of ether oxygens (including phenoxy) is 2. The molecule has 1 aliphatic rings. The van der Waals surface area contributed by atoms with E-state index in [1.165, 1.54) is 18.2 Å².